The fourth-order valence-corrected chi connectivity index (χ4v) is 3.14. The molecule has 3 aromatic rings. The highest BCUT2D eigenvalue weighted by Crippen LogP contribution is 2.29. The first kappa shape index (κ1) is 18.5. The van der Waals surface area contributed by atoms with Crippen LogP contribution in [0, 0.1) is 5.92 Å². The molecule has 0 aliphatic rings. The summed E-state index contributed by atoms with van der Waals surface area (Å²) in [6.07, 6.45) is 4.05. The van der Waals surface area contributed by atoms with E-state index in [-0.39, 0.29) is 17.9 Å². The largest absolute Gasteiger partial charge is 0.353 e. The van der Waals surface area contributed by atoms with Gasteiger partial charge >= 0.3 is 0 Å². The second-order valence-corrected chi connectivity index (χ2v) is 7.46. The van der Waals surface area contributed by atoms with Crippen LogP contribution in [0.1, 0.15) is 44.4 Å². The van der Waals surface area contributed by atoms with Crippen LogP contribution in [0.4, 0.5) is 0 Å². The summed E-state index contributed by atoms with van der Waals surface area (Å²) in [6.45, 7) is 6.24. The average Bonchev–Trinajstić information content (AvgIpc) is 3.03. The Balaban J connectivity index is 1.96. The van der Waals surface area contributed by atoms with Crippen LogP contribution in [0.25, 0.3) is 5.65 Å². The summed E-state index contributed by atoms with van der Waals surface area (Å²) < 4.78 is 1.97. The van der Waals surface area contributed by atoms with E-state index in [4.69, 9.17) is 11.6 Å². The van der Waals surface area contributed by atoms with E-state index in [1.165, 1.54) is 0 Å². The van der Waals surface area contributed by atoms with E-state index >= 15 is 0 Å². The molecule has 3 rings (SSSR count). The van der Waals surface area contributed by atoms with E-state index in [1.807, 2.05) is 66.2 Å². The molecule has 0 saturated carbocycles. The van der Waals surface area contributed by atoms with Gasteiger partial charge in [-0.05, 0) is 30.5 Å². The molecule has 0 radical (unpaired) electrons. The molecule has 0 fully saturated rings. The molecule has 1 amide bonds. The van der Waals surface area contributed by atoms with E-state index in [9.17, 15) is 4.79 Å². The molecule has 2 aromatic heterocycles. The summed E-state index contributed by atoms with van der Waals surface area (Å²) >= 11 is 6.18. The number of carbonyl (C=O) groups is 1. The first-order valence-corrected chi connectivity index (χ1v) is 9.30. The number of aromatic nitrogens is 2. The maximum atomic E-state index is 12.7. The number of nitrogens with zero attached hydrogens (tertiary/aromatic N) is 2. The SMILES string of the molecule is CC(C)C(C)NC(=O)CC(c1ccccc1)c1cnc2ccc(Cl)cn12. The predicted octanol–water partition coefficient (Wildman–Crippen LogP) is 4.67. The van der Waals surface area contributed by atoms with Crippen molar-refractivity contribution in [2.75, 3.05) is 0 Å². The Labute approximate surface area is 159 Å². The van der Waals surface area contributed by atoms with Crippen molar-refractivity contribution in [1.29, 1.82) is 0 Å². The monoisotopic (exact) mass is 369 g/mol. The zero-order valence-electron chi connectivity index (χ0n) is 15.3. The van der Waals surface area contributed by atoms with Crippen LogP contribution in [0.2, 0.25) is 5.02 Å². The van der Waals surface area contributed by atoms with Crippen molar-refractivity contribution in [3.05, 3.63) is 71.1 Å². The molecular weight excluding hydrogens is 346 g/mol. The van der Waals surface area contributed by atoms with Gasteiger partial charge in [0.05, 0.1) is 10.7 Å². The summed E-state index contributed by atoms with van der Waals surface area (Å²) in [5.74, 6) is 0.338. The zero-order valence-corrected chi connectivity index (χ0v) is 16.1. The Bertz CT molecular complexity index is 889. The first-order chi connectivity index (χ1) is 12.5. The van der Waals surface area contributed by atoms with Gasteiger partial charge in [-0.3, -0.25) is 4.79 Å². The third kappa shape index (κ3) is 4.07. The molecule has 26 heavy (non-hydrogen) atoms. The van der Waals surface area contributed by atoms with Gasteiger partial charge in [0, 0.05) is 30.8 Å². The van der Waals surface area contributed by atoms with Gasteiger partial charge in [0.15, 0.2) is 0 Å². The first-order valence-electron chi connectivity index (χ1n) is 8.92. The van der Waals surface area contributed by atoms with Gasteiger partial charge in [0.1, 0.15) is 5.65 Å². The number of imidazole rings is 1. The van der Waals surface area contributed by atoms with Gasteiger partial charge in [-0.1, -0.05) is 55.8 Å². The maximum Gasteiger partial charge on any atom is 0.221 e. The van der Waals surface area contributed by atoms with Crippen molar-refractivity contribution in [2.45, 2.75) is 39.2 Å². The molecule has 1 aromatic carbocycles. The van der Waals surface area contributed by atoms with Crippen LogP contribution >= 0.6 is 11.6 Å². The Morgan fingerprint density at radius 3 is 2.58 bits per heavy atom. The number of benzene rings is 1. The van der Waals surface area contributed by atoms with Crippen LogP contribution in [-0.4, -0.2) is 21.3 Å². The molecular formula is C21H24ClN3O. The Morgan fingerprint density at radius 1 is 1.15 bits per heavy atom. The lowest BCUT2D eigenvalue weighted by atomic mass is 9.92. The van der Waals surface area contributed by atoms with Crippen molar-refractivity contribution < 1.29 is 4.79 Å². The molecule has 0 spiro atoms. The van der Waals surface area contributed by atoms with Crippen molar-refractivity contribution in [3.63, 3.8) is 0 Å². The maximum absolute atomic E-state index is 12.7. The van der Waals surface area contributed by atoms with Crippen LogP contribution in [0.15, 0.2) is 54.9 Å². The van der Waals surface area contributed by atoms with Gasteiger partial charge < -0.3 is 9.72 Å². The summed E-state index contributed by atoms with van der Waals surface area (Å²) in [6, 6.07) is 13.9. The number of hydrogen-bond acceptors (Lipinski definition) is 2. The van der Waals surface area contributed by atoms with Crippen LogP contribution in [0.5, 0.6) is 0 Å². The lowest BCUT2D eigenvalue weighted by Gasteiger charge is -2.21. The summed E-state index contributed by atoms with van der Waals surface area (Å²) in [7, 11) is 0. The number of fused-ring (bicyclic) bond motifs is 1. The second-order valence-electron chi connectivity index (χ2n) is 7.03. The molecule has 4 nitrogen and oxygen atoms in total. The minimum atomic E-state index is -0.0935. The number of carbonyl (C=O) groups excluding carboxylic acids is 1. The predicted molar refractivity (Wildman–Crippen MR) is 106 cm³/mol. The van der Waals surface area contributed by atoms with Gasteiger partial charge in [-0.25, -0.2) is 4.98 Å². The van der Waals surface area contributed by atoms with Crippen molar-refractivity contribution in [1.82, 2.24) is 14.7 Å². The Kier molecular flexibility index (Phi) is 5.62. The molecule has 0 aliphatic heterocycles. The standard InChI is InChI=1S/C21H24ClN3O/c1-14(2)15(3)24-21(26)11-18(16-7-5-4-6-8-16)19-12-23-20-10-9-17(22)13-25(19)20/h4-10,12-15,18H,11H2,1-3H3,(H,24,26). The number of halogens is 1. The second kappa shape index (κ2) is 7.92. The molecule has 1 N–H and O–H groups in total. The molecule has 0 saturated heterocycles. The molecule has 2 atom stereocenters. The smallest absolute Gasteiger partial charge is 0.221 e. The lowest BCUT2D eigenvalue weighted by Crippen LogP contribution is -2.36. The van der Waals surface area contributed by atoms with Gasteiger partial charge in [0.25, 0.3) is 0 Å². The minimum absolute atomic E-state index is 0.0389. The molecule has 2 heterocycles. The minimum Gasteiger partial charge on any atom is -0.353 e. The Hall–Kier alpha value is -2.33. The van der Waals surface area contributed by atoms with Crippen molar-refractivity contribution in [3.8, 4) is 0 Å². The lowest BCUT2D eigenvalue weighted by molar-refractivity contribution is -0.122. The number of rotatable bonds is 6. The highest BCUT2D eigenvalue weighted by Gasteiger charge is 2.23. The van der Waals surface area contributed by atoms with Crippen LogP contribution in [-0.2, 0) is 4.79 Å². The number of hydrogen-bond donors (Lipinski definition) is 1. The average molecular weight is 370 g/mol. The zero-order chi connectivity index (χ0) is 18.7. The van der Waals surface area contributed by atoms with E-state index in [0.717, 1.165) is 16.9 Å². The number of pyridine rings is 1. The number of amides is 1. The van der Waals surface area contributed by atoms with Gasteiger partial charge in [0.2, 0.25) is 5.91 Å². The third-order valence-electron chi connectivity index (χ3n) is 4.84. The van der Waals surface area contributed by atoms with Gasteiger partial charge in [-0.15, -0.1) is 0 Å². The summed E-state index contributed by atoms with van der Waals surface area (Å²) in [5, 5.41) is 3.75. The quantitative estimate of drug-likeness (QED) is 0.686. The van der Waals surface area contributed by atoms with Gasteiger partial charge in [-0.2, -0.15) is 0 Å². The molecule has 5 heteroatoms. The fraction of sp³-hybridized carbons (Fsp3) is 0.333. The topological polar surface area (TPSA) is 46.4 Å². The third-order valence-corrected chi connectivity index (χ3v) is 5.06. The highest BCUT2D eigenvalue weighted by molar-refractivity contribution is 6.30. The molecule has 2 unspecified atom stereocenters. The Morgan fingerprint density at radius 2 is 1.88 bits per heavy atom. The van der Waals surface area contributed by atoms with Crippen LogP contribution < -0.4 is 5.32 Å². The van der Waals surface area contributed by atoms with E-state index < -0.39 is 0 Å². The van der Waals surface area contributed by atoms with Crippen LogP contribution in [0.3, 0.4) is 0 Å². The van der Waals surface area contributed by atoms with Crippen molar-refractivity contribution in [2.24, 2.45) is 5.92 Å². The van der Waals surface area contributed by atoms with Crippen molar-refractivity contribution >= 4 is 23.2 Å². The van der Waals surface area contributed by atoms with E-state index in [2.05, 4.69) is 24.1 Å². The normalized spacial score (nSPS) is 13.7. The van der Waals surface area contributed by atoms with E-state index in [1.54, 1.807) is 0 Å². The van der Waals surface area contributed by atoms with E-state index in [0.29, 0.717) is 17.4 Å². The molecule has 0 bridgehead atoms. The molecule has 136 valence electrons. The highest BCUT2D eigenvalue weighted by atomic mass is 35.5. The molecule has 0 aliphatic carbocycles. The fourth-order valence-electron chi connectivity index (χ4n) is 2.97. The summed E-state index contributed by atoms with van der Waals surface area (Å²) in [5.41, 5.74) is 2.86. The number of nitrogens with one attached hydrogen (secondary N) is 1. The summed E-state index contributed by atoms with van der Waals surface area (Å²) in [4.78, 5) is 17.1.